The van der Waals surface area contributed by atoms with Gasteiger partial charge in [0.15, 0.2) is 23.2 Å². The standard InChI is InChI=1S/C32H34N10O3S/c1-19-39-40-30(46-19)27-25(43)26(44)31(45-27)42-18-36-24-28(37-32(38-29(24)42)33-14-13-22-16-41(2)17-35-22)34-15-23(20-9-5-3-6-10-20)21-11-7-4-8-12-21/h3-12,16-18,23,25-27,31,43-44H,13-15H2,1-2H3,(H2,33,34,37,38)/t25-,26+,27-,31+/m0/s1. The van der Waals surface area contributed by atoms with Crippen molar-refractivity contribution in [2.75, 3.05) is 23.7 Å². The Morgan fingerprint density at radius 2 is 1.65 bits per heavy atom. The molecule has 4 atom stereocenters. The van der Waals surface area contributed by atoms with Gasteiger partial charge in [0.1, 0.15) is 28.3 Å². The Balaban J connectivity index is 1.21. The first-order valence-corrected chi connectivity index (χ1v) is 15.9. The van der Waals surface area contributed by atoms with E-state index >= 15 is 0 Å². The van der Waals surface area contributed by atoms with Crippen molar-refractivity contribution in [2.45, 2.75) is 43.8 Å². The minimum absolute atomic E-state index is 0.0429. The lowest BCUT2D eigenvalue weighted by Crippen LogP contribution is -2.29. The molecule has 1 saturated heterocycles. The summed E-state index contributed by atoms with van der Waals surface area (Å²) in [6.07, 6.45) is 1.72. The maximum absolute atomic E-state index is 11.1. The number of nitrogens with zero attached hydrogens (tertiary/aromatic N) is 8. The molecule has 4 N–H and O–H groups in total. The van der Waals surface area contributed by atoms with Crippen molar-refractivity contribution in [2.24, 2.45) is 7.05 Å². The normalized spacial score (nSPS) is 19.7. The minimum Gasteiger partial charge on any atom is -0.387 e. The molecule has 1 aliphatic rings. The van der Waals surface area contributed by atoms with Crippen molar-refractivity contribution in [1.82, 2.24) is 39.3 Å². The first-order valence-electron chi connectivity index (χ1n) is 15.0. The number of aliphatic hydroxyl groups excluding tert-OH is 2. The molecular formula is C32H34N10O3S. The van der Waals surface area contributed by atoms with Crippen LogP contribution in [-0.2, 0) is 18.2 Å². The average Bonchev–Trinajstić information content (AvgIpc) is 3.86. The molecule has 0 aliphatic carbocycles. The highest BCUT2D eigenvalue weighted by Gasteiger charge is 2.46. The van der Waals surface area contributed by atoms with Gasteiger partial charge in [0, 0.05) is 38.7 Å². The summed E-state index contributed by atoms with van der Waals surface area (Å²) in [5.74, 6) is 0.958. The molecule has 0 spiro atoms. The molecule has 236 valence electrons. The molecule has 4 aromatic heterocycles. The van der Waals surface area contributed by atoms with Crippen LogP contribution in [0.15, 0.2) is 79.5 Å². The van der Waals surface area contributed by atoms with Gasteiger partial charge in [-0.3, -0.25) is 4.57 Å². The third kappa shape index (κ3) is 6.07. The molecule has 0 bridgehead atoms. The fourth-order valence-corrected chi connectivity index (χ4v) is 6.50. The van der Waals surface area contributed by atoms with Crippen molar-refractivity contribution in [1.29, 1.82) is 0 Å². The third-order valence-electron chi connectivity index (χ3n) is 8.02. The molecule has 0 saturated carbocycles. The van der Waals surface area contributed by atoms with E-state index in [0.29, 0.717) is 47.4 Å². The quantitative estimate of drug-likeness (QED) is 0.164. The summed E-state index contributed by atoms with van der Waals surface area (Å²) in [4.78, 5) is 18.7. The number of aliphatic hydroxyl groups is 2. The Morgan fingerprint density at radius 1 is 0.913 bits per heavy atom. The number of hydrogen-bond acceptors (Lipinski definition) is 12. The van der Waals surface area contributed by atoms with E-state index < -0.39 is 24.5 Å². The van der Waals surface area contributed by atoms with Crippen LogP contribution in [0.25, 0.3) is 11.2 Å². The van der Waals surface area contributed by atoms with E-state index in [0.717, 1.165) is 10.7 Å². The van der Waals surface area contributed by atoms with Crippen LogP contribution in [0.4, 0.5) is 11.8 Å². The van der Waals surface area contributed by atoms with Crippen LogP contribution < -0.4 is 10.6 Å². The summed E-state index contributed by atoms with van der Waals surface area (Å²) in [5.41, 5.74) is 4.23. The number of aromatic nitrogens is 8. The number of hydrogen-bond donors (Lipinski definition) is 4. The van der Waals surface area contributed by atoms with E-state index in [1.165, 1.54) is 22.5 Å². The Hall–Kier alpha value is -4.76. The lowest BCUT2D eigenvalue weighted by Gasteiger charge is -2.20. The molecule has 1 aliphatic heterocycles. The van der Waals surface area contributed by atoms with Gasteiger partial charge in [-0.05, 0) is 18.1 Å². The average molecular weight is 639 g/mol. The maximum Gasteiger partial charge on any atom is 0.226 e. The highest BCUT2D eigenvalue weighted by atomic mass is 32.1. The number of fused-ring (bicyclic) bond motifs is 1. The van der Waals surface area contributed by atoms with Gasteiger partial charge in [0.2, 0.25) is 5.95 Å². The second-order valence-electron chi connectivity index (χ2n) is 11.3. The zero-order valence-electron chi connectivity index (χ0n) is 25.3. The van der Waals surface area contributed by atoms with Gasteiger partial charge in [0.25, 0.3) is 0 Å². The van der Waals surface area contributed by atoms with Gasteiger partial charge in [-0.25, -0.2) is 9.97 Å². The van der Waals surface area contributed by atoms with E-state index in [4.69, 9.17) is 14.7 Å². The van der Waals surface area contributed by atoms with Gasteiger partial charge in [-0.15, -0.1) is 10.2 Å². The summed E-state index contributed by atoms with van der Waals surface area (Å²) >= 11 is 1.32. The van der Waals surface area contributed by atoms with Crippen LogP contribution in [0.5, 0.6) is 0 Å². The van der Waals surface area contributed by atoms with Gasteiger partial charge < -0.3 is 30.2 Å². The number of imidazole rings is 2. The Bertz CT molecular complexity index is 1870. The van der Waals surface area contributed by atoms with Crippen molar-refractivity contribution in [3.63, 3.8) is 0 Å². The molecule has 7 rings (SSSR count). The van der Waals surface area contributed by atoms with Crippen LogP contribution in [0, 0.1) is 6.92 Å². The molecule has 5 heterocycles. The molecule has 0 unspecified atom stereocenters. The van der Waals surface area contributed by atoms with E-state index in [2.05, 4.69) is 55.1 Å². The smallest absolute Gasteiger partial charge is 0.226 e. The first-order chi connectivity index (χ1) is 22.4. The van der Waals surface area contributed by atoms with Gasteiger partial charge in [-0.1, -0.05) is 72.0 Å². The van der Waals surface area contributed by atoms with E-state index in [-0.39, 0.29) is 5.92 Å². The van der Waals surface area contributed by atoms with Crippen molar-refractivity contribution in [3.05, 3.63) is 106 Å². The maximum atomic E-state index is 11.1. The zero-order valence-corrected chi connectivity index (χ0v) is 26.1. The number of benzene rings is 2. The summed E-state index contributed by atoms with van der Waals surface area (Å²) < 4.78 is 9.74. The van der Waals surface area contributed by atoms with Gasteiger partial charge in [0.05, 0.1) is 18.3 Å². The first kappa shape index (κ1) is 29.9. The molecule has 6 aromatic rings. The molecular weight excluding hydrogens is 604 g/mol. The molecule has 2 aromatic carbocycles. The number of anilines is 2. The second-order valence-corrected chi connectivity index (χ2v) is 12.5. The number of rotatable bonds is 11. The van der Waals surface area contributed by atoms with Crippen LogP contribution in [0.3, 0.4) is 0 Å². The van der Waals surface area contributed by atoms with Crippen molar-refractivity contribution in [3.8, 4) is 0 Å². The lowest BCUT2D eigenvalue weighted by molar-refractivity contribution is -0.0360. The SMILES string of the molecule is Cc1nnc([C@H]2O[C@@H](n3cnc4c(NCC(c5ccccc5)c5ccccc5)nc(NCCc5cn(C)cn5)nc43)[C@H](O)[C@@H]2O)s1. The van der Waals surface area contributed by atoms with Gasteiger partial charge in [-0.2, -0.15) is 9.97 Å². The monoisotopic (exact) mass is 638 g/mol. The molecule has 1 fully saturated rings. The summed E-state index contributed by atoms with van der Waals surface area (Å²) in [7, 11) is 1.94. The Labute approximate surface area is 269 Å². The van der Waals surface area contributed by atoms with Crippen LogP contribution in [-0.4, -0.2) is 74.8 Å². The van der Waals surface area contributed by atoms with Crippen molar-refractivity contribution < 1.29 is 14.9 Å². The van der Waals surface area contributed by atoms with Crippen LogP contribution in [0.1, 0.15) is 45.1 Å². The molecule has 0 amide bonds. The predicted octanol–water partition coefficient (Wildman–Crippen LogP) is 3.61. The summed E-state index contributed by atoms with van der Waals surface area (Å²) in [5, 5.41) is 38.3. The van der Waals surface area contributed by atoms with Crippen molar-refractivity contribution >= 4 is 34.3 Å². The topological polar surface area (TPSA) is 161 Å². The fraction of sp³-hybridized carbons (Fsp3) is 0.312. The largest absolute Gasteiger partial charge is 0.387 e. The Morgan fingerprint density at radius 3 is 2.30 bits per heavy atom. The van der Waals surface area contributed by atoms with E-state index in [9.17, 15) is 10.2 Å². The number of ether oxygens (including phenoxy) is 1. The summed E-state index contributed by atoms with van der Waals surface area (Å²) in [6.45, 7) is 2.92. The predicted molar refractivity (Wildman–Crippen MR) is 173 cm³/mol. The Kier molecular flexibility index (Phi) is 8.41. The van der Waals surface area contributed by atoms with Gasteiger partial charge >= 0.3 is 0 Å². The second kappa shape index (κ2) is 12.9. The summed E-state index contributed by atoms with van der Waals surface area (Å²) in [6, 6.07) is 20.7. The molecule has 13 nitrogen and oxygen atoms in total. The number of nitrogens with one attached hydrogen (secondary N) is 2. The van der Waals surface area contributed by atoms with E-state index in [1.54, 1.807) is 17.2 Å². The zero-order chi connectivity index (χ0) is 31.6. The highest BCUT2D eigenvalue weighted by Crippen LogP contribution is 2.41. The number of aryl methyl sites for hydroxylation is 2. The van der Waals surface area contributed by atoms with E-state index in [1.807, 2.05) is 61.1 Å². The molecule has 0 radical (unpaired) electrons. The third-order valence-corrected chi connectivity index (χ3v) is 8.92. The highest BCUT2D eigenvalue weighted by molar-refractivity contribution is 7.11. The van der Waals surface area contributed by atoms with Crippen LogP contribution in [0.2, 0.25) is 0 Å². The molecule has 14 heteroatoms. The fourth-order valence-electron chi connectivity index (χ4n) is 5.72. The van der Waals surface area contributed by atoms with Crippen LogP contribution >= 0.6 is 11.3 Å². The lowest BCUT2D eigenvalue weighted by atomic mass is 9.91. The minimum atomic E-state index is -1.25. The molecule has 46 heavy (non-hydrogen) atoms.